The molecule has 0 saturated carbocycles. The second kappa shape index (κ2) is 8.40. The quantitative estimate of drug-likeness (QED) is 0.768. The number of likely N-dealkylation sites (N-methyl/N-ethyl adjacent to an activating group) is 1. The molecular formula is C18H30N2O. The molecule has 3 heteroatoms. The summed E-state index contributed by atoms with van der Waals surface area (Å²) in [5, 5.41) is 0. The Morgan fingerprint density at radius 1 is 1.14 bits per heavy atom. The molecule has 1 aliphatic rings. The Labute approximate surface area is 129 Å². The Morgan fingerprint density at radius 2 is 1.90 bits per heavy atom. The van der Waals surface area contributed by atoms with Gasteiger partial charge in [-0.15, -0.1) is 0 Å². The van der Waals surface area contributed by atoms with Crippen LogP contribution in [0, 0.1) is 6.92 Å². The average molecular weight is 290 g/mol. The molecule has 1 aliphatic heterocycles. The van der Waals surface area contributed by atoms with Crippen LogP contribution in [0.15, 0.2) is 18.2 Å². The lowest BCUT2D eigenvalue weighted by Crippen LogP contribution is -2.44. The molecule has 118 valence electrons. The molecule has 1 heterocycles. The van der Waals surface area contributed by atoms with Gasteiger partial charge in [-0.1, -0.05) is 19.1 Å². The molecule has 0 bridgehead atoms. The molecule has 0 atom stereocenters. The van der Waals surface area contributed by atoms with E-state index in [9.17, 15) is 0 Å². The molecular weight excluding hydrogens is 260 g/mol. The zero-order chi connectivity index (χ0) is 15.1. The van der Waals surface area contributed by atoms with Crippen LogP contribution in [0.2, 0.25) is 0 Å². The van der Waals surface area contributed by atoms with Crippen LogP contribution >= 0.6 is 0 Å². The second-order valence-electron chi connectivity index (χ2n) is 6.20. The lowest BCUT2D eigenvalue weighted by atomic mass is 10.1. The monoisotopic (exact) mass is 290 g/mol. The van der Waals surface area contributed by atoms with Crippen molar-refractivity contribution in [2.24, 2.45) is 0 Å². The first kappa shape index (κ1) is 16.3. The maximum atomic E-state index is 5.74. The number of ether oxygens (including phenoxy) is 1. The minimum Gasteiger partial charge on any atom is -0.493 e. The fourth-order valence-corrected chi connectivity index (χ4v) is 2.82. The summed E-state index contributed by atoms with van der Waals surface area (Å²) < 4.78 is 5.74. The van der Waals surface area contributed by atoms with Crippen molar-refractivity contribution in [2.45, 2.75) is 33.1 Å². The van der Waals surface area contributed by atoms with Gasteiger partial charge in [-0.05, 0) is 57.0 Å². The third kappa shape index (κ3) is 5.33. The standard InChI is InChI=1S/C18H30N2O/c1-4-14-21-18-8-7-17(15-16(18)2)6-5-9-20-12-10-19(3)11-13-20/h7-8,15H,4-6,9-14H2,1-3H3. The summed E-state index contributed by atoms with van der Waals surface area (Å²) in [4.78, 5) is 5.00. The molecule has 0 N–H and O–H groups in total. The van der Waals surface area contributed by atoms with Crippen LogP contribution in [0.25, 0.3) is 0 Å². The number of aryl methyl sites for hydroxylation is 2. The van der Waals surface area contributed by atoms with Gasteiger partial charge in [0.1, 0.15) is 5.75 Å². The van der Waals surface area contributed by atoms with E-state index in [-0.39, 0.29) is 0 Å². The minimum atomic E-state index is 0.809. The van der Waals surface area contributed by atoms with Gasteiger partial charge in [0.15, 0.2) is 0 Å². The van der Waals surface area contributed by atoms with Crippen molar-refractivity contribution in [3.63, 3.8) is 0 Å². The van der Waals surface area contributed by atoms with E-state index in [1.165, 1.54) is 56.7 Å². The summed E-state index contributed by atoms with van der Waals surface area (Å²) in [5.74, 6) is 1.04. The zero-order valence-corrected chi connectivity index (χ0v) is 13.9. The van der Waals surface area contributed by atoms with Gasteiger partial charge in [-0.2, -0.15) is 0 Å². The maximum absolute atomic E-state index is 5.74. The van der Waals surface area contributed by atoms with Gasteiger partial charge in [-0.25, -0.2) is 0 Å². The fraction of sp³-hybridized carbons (Fsp3) is 0.667. The molecule has 0 amide bonds. The normalized spacial score (nSPS) is 17.1. The van der Waals surface area contributed by atoms with Gasteiger partial charge in [-0.3, -0.25) is 0 Å². The molecule has 1 saturated heterocycles. The Balaban J connectivity index is 1.74. The van der Waals surface area contributed by atoms with Crippen molar-refractivity contribution >= 4 is 0 Å². The molecule has 1 aromatic carbocycles. The van der Waals surface area contributed by atoms with Crippen LogP contribution in [0.1, 0.15) is 30.9 Å². The number of benzene rings is 1. The Hall–Kier alpha value is -1.06. The predicted octanol–water partition coefficient (Wildman–Crippen LogP) is 2.96. The molecule has 1 fully saturated rings. The van der Waals surface area contributed by atoms with Gasteiger partial charge in [0.25, 0.3) is 0 Å². The van der Waals surface area contributed by atoms with Crippen molar-refractivity contribution in [2.75, 3.05) is 46.4 Å². The molecule has 3 nitrogen and oxygen atoms in total. The van der Waals surface area contributed by atoms with E-state index in [2.05, 4.69) is 48.9 Å². The van der Waals surface area contributed by atoms with E-state index in [4.69, 9.17) is 4.74 Å². The number of nitrogens with zero attached hydrogens (tertiary/aromatic N) is 2. The fourth-order valence-electron chi connectivity index (χ4n) is 2.82. The number of hydrogen-bond donors (Lipinski definition) is 0. The third-order valence-corrected chi connectivity index (χ3v) is 4.24. The largest absolute Gasteiger partial charge is 0.493 e. The number of piperazine rings is 1. The highest BCUT2D eigenvalue weighted by Gasteiger charge is 2.12. The number of rotatable bonds is 7. The summed E-state index contributed by atoms with van der Waals surface area (Å²) >= 11 is 0. The topological polar surface area (TPSA) is 15.7 Å². The Morgan fingerprint density at radius 3 is 2.57 bits per heavy atom. The van der Waals surface area contributed by atoms with Crippen LogP contribution in [-0.4, -0.2) is 56.2 Å². The zero-order valence-electron chi connectivity index (χ0n) is 13.9. The Bertz CT molecular complexity index is 425. The highest BCUT2D eigenvalue weighted by atomic mass is 16.5. The first-order valence-corrected chi connectivity index (χ1v) is 8.32. The van der Waals surface area contributed by atoms with Crippen molar-refractivity contribution in [3.8, 4) is 5.75 Å². The summed E-state index contributed by atoms with van der Waals surface area (Å²) in [6.07, 6.45) is 3.48. The predicted molar refractivity (Wildman–Crippen MR) is 89.2 cm³/mol. The average Bonchev–Trinajstić information content (AvgIpc) is 2.48. The summed E-state index contributed by atoms with van der Waals surface area (Å²) in [6, 6.07) is 6.65. The number of hydrogen-bond acceptors (Lipinski definition) is 3. The molecule has 2 rings (SSSR count). The van der Waals surface area contributed by atoms with E-state index in [1.54, 1.807) is 0 Å². The lowest BCUT2D eigenvalue weighted by molar-refractivity contribution is 0.153. The van der Waals surface area contributed by atoms with E-state index < -0.39 is 0 Å². The summed E-state index contributed by atoms with van der Waals surface area (Å²) in [6.45, 7) is 11.2. The van der Waals surface area contributed by atoms with E-state index >= 15 is 0 Å². The molecule has 21 heavy (non-hydrogen) atoms. The van der Waals surface area contributed by atoms with Crippen LogP contribution in [-0.2, 0) is 6.42 Å². The molecule has 0 aliphatic carbocycles. The summed E-state index contributed by atoms with van der Waals surface area (Å²) in [7, 11) is 2.21. The Kier molecular flexibility index (Phi) is 6.52. The van der Waals surface area contributed by atoms with Gasteiger partial charge < -0.3 is 14.5 Å². The van der Waals surface area contributed by atoms with Crippen LogP contribution < -0.4 is 4.74 Å². The second-order valence-corrected chi connectivity index (χ2v) is 6.20. The van der Waals surface area contributed by atoms with Gasteiger partial charge in [0.2, 0.25) is 0 Å². The molecule has 0 aromatic heterocycles. The minimum absolute atomic E-state index is 0.809. The lowest BCUT2D eigenvalue weighted by Gasteiger charge is -2.32. The van der Waals surface area contributed by atoms with Crippen LogP contribution in [0.5, 0.6) is 5.75 Å². The smallest absolute Gasteiger partial charge is 0.122 e. The molecule has 0 radical (unpaired) electrons. The van der Waals surface area contributed by atoms with E-state index in [1.807, 2.05) is 0 Å². The van der Waals surface area contributed by atoms with E-state index in [0.29, 0.717) is 0 Å². The summed E-state index contributed by atoms with van der Waals surface area (Å²) in [5.41, 5.74) is 2.70. The first-order chi connectivity index (χ1) is 10.2. The highest BCUT2D eigenvalue weighted by Crippen LogP contribution is 2.20. The first-order valence-electron chi connectivity index (χ1n) is 8.32. The van der Waals surface area contributed by atoms with Gasteiger partial charge >= 0.3 is 0 Å². The van der Waals surface area contributed by atoms with Crippen LogP contribution in [0.3, 0.4) is 0 Å². The van der Waals surface area contributed by atoms with Crippen molar-refractivity contribution in [1.82, 2.24) is 9.80 Å². The van der Waals surface area contributed by atoms with Gasteiger partial charge in [0, 0.05) is 26.2 Å². The molecule has 0 unspecified atom stereocenters. The maximum Gasteiger partial charge on any atom is 0.122 e. The van der Waals surface area contributed by atoms with Crippen LogP contribution in [0.4, 0.5) is 0 Å². The van der Waals surface area contributed by atoms with Crippen molar-refractivity contribution in [3.05, 3.63) is 29.3 Å². The van der Waals surface area contributed by atoms with Crippen molar-refractivity contribution in [1.29, 1.82) is 0 Å². The highest BCUT2D eigenvalue weighted by molar-refractivity contribution is 5.36. The SMILES string of the molecule is CCCOc1ccc(CCCN2CCN(C)CC2)cc1C. The molecule has 0 spiro atoms. The third-order valence-electron chi connectivity index (χ3n) is 4.24. The van der Waals surface area contributed by atoms with Crippen molar-refractivity contribution < 1.29 is 4.74 Å². The molecule has 1 aromatic rings. The van der Waals surface area contributed by atoms with E-state index in [0.717, 1.165) is 18.8 Å². The van der Waals surface area contributed by atoms with Gasteiger partial charge in [0.05, 0.1) is 6.61 Å².